The number of nitrogens with one attached hydrogen (secondary N) is 2. The van der Waals surface area contributed by atoms with E-state index in [-0.39, 0.29) is 23.6 Å². The summed E-state index contributed by atoms with van der Waals surface area (Å²) in [6.45, 7) is 0.382. The van der Waals surface area contributed by atoms with Crippen LogP contribution in [0.25, 0.3) is 0 Å². The maximum absolute atomic E-state index is 12.1. The Balaban J connectivity index is 2.04. The van der Waals surface area contributed by atoms with Crippen LogP contribution in [0.2, 0.25) is 0 Å². The van der Waals surface area contributed by atoms with E-state index in [9.17, 15) is 9.59 Å². The van der Waals surface area contributed by atoms with Crippen molar-refractivity contribution in [2.45, 2.75) is 6.54 Å². The molecule has 21 heavy (non-hydrogen) atoms. The summed E-state index contributed by atoms with van der Waals surface area (Å²) in [4.78, 5) is 28.8. The van der Waals surface area contributed by atoms with Crippen LogP contribution in [0.4, 0.5) is 5.95 Å². The molecule has 0 saturated carbocycles. The summed E-state index contributed by atoms with van der Waals surface area (Å²) >= 11 is 0. The minimum atomic E-state index is -0.311. The van der Waals surface area contributed by atoms with Gasteiger partial charge in [-0.2, -0.15) is 4.98 Å². The number of amides is 2. The minimum Gasteiger partial charge on any atom is -0.366 e. The van der Waals surface area contributed by atoms with Crippen LogP contribution < -0.4 is 11.1 Å². The van der Waals surface area contributed by atoms with Gasteiger partial charge in [0.1, 0.15) is 0 Å². The Morgan fingerprint density at radius 3 is 2.52 bits per heavy atom. The van der Waals surface area contributed by atoms with E-state index < -0.39 is 0 Å². The average Bonchev–Trinajstić information content (AvgIpc) is 2.93. The van der Waals surface area contributed by atoms with Gasteiger partial charge in [0.15, 0.2) is 0 Å². The van der Waals surface area contributed by atoms with E-state index in [0.717, 1.165) is 5.56 Å². The molecule has 0 aliphatic rings. The summed E-state index contributed by atoms with van der Waals surface area (Å²) in [5.41, 5.74) is 6.83. The van der Waals surface area contributed by atoms with Crippen LogP contribution in [0.15, 0.2) is 24.3 Å². The van der Waals surface area contributed by atoms with Gasteiger partial charge in [-0.3, -0.25) is 14.7 Å². The molecule has 0 atom stereocenters. The molecule has 0 aliphatic heterocycles. The van der Waals surface area contributed by atoms with Crippen molar-refractivity contribution in [1.82, 2.24) is 25.4 Å². The van der Waals surface area contributed by atoms with Crippen molar-refractivity contribution < 1.29 is 9.59 Å². The number of nitrogens with zero attached hydrogens (tertiary/aromatic N) is 3. The first-order valence-electron chi connectivity index (χ1n) is 6.25. The lowest BCUT2D eigenvalue weighted by Crippen LogP contribution is -2.27. The second-order valence-electron chi connectivity index (χ2n) is 4.48. The van der Waals surface area contributed by atoms with E-state index in [1.165, 1.54) is 4.90 Å². The zero-order valence-corrected chi connectivity index (χ0v) is 11.8. The Morgan fingerprint density at radius 1 is 1.33 bits per heavy atom. The van der Waals surface area contributed by atoms with Crippen LogP contribution in [0.1, 0.15) is 26.5 Å². The first kappa shape index (κ1) is 14.5. The summed E-state index contributed by atoms with van der Waals surface area (Å²) in [6.07, 6.45) is 0. The molecule has 1 aromatic heterocycles. The Labute approximate surface area is 121 Å². The van der Waals surface area contributed by atoms with E-state index in [1.54, 1.807) is 38.4 Å². The maximum Gasteiger partial charge on any atom is 0.291 e. The van der Waals surface area contributed by atoms with Gasteiger partial charge in [0.05, 0.1) is 0 Å². The number of aromatic nitrogens is 3. The quantitative estimate of drug-likeness (QED) is 0.733. The van der Waals surface area contributed by atoms with Gasteiger partial charge in [0.2, 0.25) is 11.8 Å². The van der Waals surface area contributed by atoms with Gasteiger partial charge in [-0.1, -0.05) is 12.1 Å². The summed E-state index contributed by atoms with van der Waals surface area (Å²) in [7, 11) is 3.22. The Morgan fingerprint density at radius 2 is 2.00 bits per heavy atom. The third-order valence-corrected chi connectivity index (χ3v) is 2.91. The van der Waals surface area contributed by atoms with Gasteiger partial charge >= 0.3 is 0 Å². The van der Waals surface area contributed by atoms with Crippen LogP contribution in [-0.4, -0.2) is 46.0 Å². The summed E-state index contributed by atoms with van der Waals surface area (Å²) < 4.78 is 0. The van der Waals surface area contributed by atoms with E-state index >= 15 is 0 Å². The molecule has 2 amide bonds. The van der Waals surface area contributed by atoms with Crippen LogP contribution in [0, 0.1) is 0 Å². The normalized spacial score (nSPS) is 10.2. The van der Waals surface area contributed by atoms with Crippen molar-refractivity contribution in [3.8, 4) is 0 Å². The minimum absolute atomic E-state index is 0.0293. The Bertz CT molecular complexity index is 649. The van der Waals surface area contributed by atoms with Crippen molar-refractivity contribution >= 4 is 17.8 Å². The Hall–Kier alpha value is -2.90. The molecule has 0 aliphatic carbocycles. The van der Waals surface area contributed by atoms with Gasteiger partial charge in [0, 0.05) is 26.2 Å². The Kier molecular flexibility index (Phi) is 4.17. The second kappa shape index (κ2) is 6.04. The number of carbonyl (C=O) groups is 2. The summed E-state index contributed by atoms with van der Waals surface area (Å²) in [5.74, 6) is -0.337. The van der Waals surface area contributed by atoms with E-state index in [2.05, 4.69) is 20.5 Å². The highest BCUT2D eigenvalue weighted by Crippen LogP contribution is 2.08. The number of nitrogens with two attached hydrogens (primary N) is 1. The van der Waals surface area contributed by atoms with Crippen molar-refractivity contribution in [3.05, 3.63) is 41.2 Å². The van der Waals surface area contributed by atoms with Crippen molar-refractivity contribution in [1.29, 1.82) is 0 Å². The second-order valence-corrected chi connectivity index (χ2v) is 4.48. The summed E-state index contributed by atoms with van der Waals surface area (Å²) in [6, 6.07) is 7.00. The van der Waals surface area contributed by atoms with E-state index in [4.69, 9.17) is 5.73 Å². The molecule has 8 nitrogen and oxygen atoms in total. The highest BCUT2D eigenvalue weighted by Gasteiger charge is 2.16. The first-order chi connectivity index (χ1) is 10.0. The standard InChI is InChI=1S/C13H16N6O2/c1-15-11(20)9-5-3-8(4-6-9)7-19(2)12(21)10-16-13(14)18-17-10/h3-6H,7H2,1-2H3,(H,15,20)(H3,14,16,17,18). The van der Waals surface area contributed by atoms with Crippen molar-refractivity contribution in [3.63, 3.8) is 0 Å². The lowest BCUT2D eigenvalue weighted by atomic mass is 10.1. The van der Waals surface area contributed by atoms with Crippen LogP contribution in [0.3, 0.4) is 0 Å². The third kappa shape index (κ3) is 3.35. The molecule has 1 heterocycles. The number of H-pyrrole nitrogens is 1. The first-order valence-corrected chi connectivity index (χ1v) is 6.25. The lowest BCUT2D eigenvalue weighted by Gasteiger charge is -2.15. The lowest BCUT2D eigenvalue weighted by molar-refractivity contribution is 0.0773. The van der Waals surface area contributed by atoms with Crippen LogP contribution in [0.5, 0.6) is 0 Å². The maximum atomic E-state index is 12.1. The zero-order chi connectivity index (χ0) is 15.4. The fourth-order valence-electron chi connectivity index (χ4n) is 1.80. The van der Waals surface area contributed by atoms with Gasteiger partial charge in [0.25, 0.3) is 11.8 Å². The zero-order valence-electron chi connectivity index (χ0n) is 11.8. The molecule has 0 fully saturated rings. The predicted octanol–water partition coefficient (Wildman–Crippen LogP) is 0.0187. The molecule has 0 radical (unpaired) electrons. The molecule has 2 aromatic rings. The number of rotatable bonds is 4. The number of nitrogen functional groups attached to an aromatic ring is 1. The van der Waals surface area contributed by atoms with Gasteiger partial charge < -0.3 is 16.0 Å². The van der Waals surface area contributed by atoms with E-state index in [0.29, 0.717) is 12.1 Å². The topological polar surface area (TPSA) is 117 Å². The SMILES string of the molecule is CNC(=O)c1ccc(CN(C)C(=O)c2nc(N)n[nH]2)cc1. The van der Waals surface area contributed by atoms with Crippen molar-refractivity contribution in [2.75, 3.05) is 19.8 Å². The molecule has 1 aromatic carbocycles. The monoisotopic (exact) mass is 288 g/mol. The van der Waals surface area contributed by atoms with Gasteiger partial charge in [-0.15, -0.1) is 5.10 Å². The molecule has 4 N–H and O–H groups in total. The molecule has 2 rings (SSSR count). The summed E-state index contributed by atoms with van der Waals surface area (Å²) in [5, 5.41) is 8.64. The van der Waals surface area contributed by atoms with Crippen molar-refractivity contribution in [2.24, 2.45) is 0 Å². The van der Waals surface area contributed by atoms with E-state index in [1.807, 2.05) is 0 Å². The van der Waals surface area contributed by atoms with Crippen LogP contribution >= 0.6 is 0 Å². The predicted molar refractivity (Wildman–Crippen MR) is 76.4 cm³/mol. The molecule has 0 spiro atoms. The number of carbonyl (C=O) groups excluding carboxylic acids is 2. The fourth-order valence-corrected chi connectivity index (χ4v) is 1.80. The molecular weight excluding hydrogens is 272 g/mol. The average molecular weight is 288 g/mol. The molecular formula is C13H16N6O2. The number of benzene rings is 1. The molecule has 0 bridgehead atoms. The van der Waals surface area contributed by atoms with Crippen LogP contribution in [-0.2, 0) is 6.54 Å². The fraction of sp³-hybridized carbons (Fsp3) is 0.231. The number of aromatic amines is 1. The largest absolute Gasteiger partial charge is 0.366 e. The van der Waals surface area contributed by atoms with Gasteiger partial charge in [-0.25, -0.2) is 0 Å². The highest BCUT2D eigenvalue weighted by atomic mass is 16.2. The number of hydrogen-bond donors (Lipinski definition) is 3. The number of hydrogen-bond acceptors (Lipinski definition) is 5. The highest BCUT2D eigenvalue weighted by molar-refractivity contribution is 5.94. The number of anilines is 1. The molecule has 110 valence electrons. The molecule has 8 heteroatoms. The van der Waals surface area contributed by atoms with Gasteiger partial charge in [-0.05, 0) is 17.7 Å². The molecule has 0 unspecified atom stereocenters. The smallest absolute Gasteiger partial charge is 0.291 e. The third-order valence-electron chi connectivity index (χ3n) is 2.91. The molecule has 0 saturated heterocycles.